The SMILES string of the molecule is CCSc1nc2c([C@H](C)N[S+]([O-])C(C)(C)C)cc(C)cc2c(=O)n1C. The zero-order valence-corrected chi connectivity index (χ0v) is 17.6. The summed E-state index contributed by atoms with van der Waals surface area (Å²) in [6.45, 7) is 11.8. The second-order valence-electron chi connectivity index (χ2n) is 7.16. The van der Waals surface area contributed by atoms with Gasteiger partial charge in [-0.15, -0.1) is 4.72 Å². The van der Waals surface area contributed by atoms with Crippen molar-refractivity contribution in [3.8, 4) is 0 Å². The van der Waals surface area contributed by atoms with Crippen molar-refractivity contribution in [1.29, 1.82) is 0 Å². The molecule has 0 bridgehead atoms. The normalized spacial score (nSPS) is 14.7. The zero-order chi connectivity index (χ0) is 18.9. The quantitative estimate of drug-likeness (QED) is 0.488. The van der Waals surface area contributed by atoms with Crippen LogP contribution in [0.3, 0.4) is 0 Å². The van der Waals surface area contributed by atoms with Crippen LogP contribution >= 0.6 is 11.8 Å². The molecular weight excluding hydrogens is 354 g/mol. The first kappa shape index (κ1) is 20.3. The highest BCUT2D eigenvalue weighted by Crippen LogP contribution is 2.27. The fraction of sp³-hybridized carbons (Fsp3) is 0.556. The second kappa shape index (κ2) is 7.70. The molecule has 1 aromatic heterocycles. The van der Waals surface area contributed by atoms with Crippen LogP contribution in [0, 0.1) is 6.92 Å². The summed E-state index contributed by atoms with van der Waals surface area (Å²) in [4.78, 5) is 17.5. The highest BCUT2D eigenvalue weighted by Gasteiger charge is 2.29. The largest absolute Gasteiger partial charge is 0.598 e. The molecule has 0 spiro atoms. The van der Waals surface area contributed by atoms with Gasteiger partial charge in [-0.3, -0.25) is 9.36 Å². The van der Waals surface area contributed by atoms with Gasteiger partial charge in [0.2, 0.25) is 0 Å². The van der Waals surface area contributed by atoms with Crippen molar-refractivity contribution in [2.24, 2.45) is 7.05 Å². The Morgan fingerprint density at radius 3 is 2.60 bits per heavy atom. The number of benzene rings is 1. The molecule has 1 aromatic carbocycles. The average molecular weight is 382 g/mol. The number of hydrogen-bond donors (Lipinski definition) is 1. The molecule has 0 aliphatic rings. The summed E-state index contributed by atoms with van der Waals surface area (Å²) in [6, 6.07) is 3.72. The highest BCUT2D eigenvalue weighted by molar-refractivity contribution is 7.99. The summed E-state index contributed by atoms with van der Waals surface area (Å²) in [6.07, 6.45) is 0. The Hall–Kier alpha value is -1.02. The minimum atomic E-state index is -1.20. The standard InChI is InChI=1S/C18H27N3O2S2/c1-8-24-17-19-15-13(12(3)20-25(23)18(4,5)6)9-11(2)10-14(15)16(22)21(17)7/h9-10,12,20H,8H2,1-7H3/t12-,25?/m0/s1. The number of nitrogens with one attached hydrogen (secondary N) is 1. The fourth-order valence-electron chi connectivity index (χ4n) is 2.52. The first-order chi connectivity index (χ1) is 11.6. The Bertz CT molecular complexity index is 828. The van der Waals surface area contributed by atoms with Crippen LogP contribution in [0.2, 0.25) is 0 Å². The Balaban J connectivity index is 2.61. The molecule has 1 N–H and O–H groups in total. The maximum atomic E-state index is 12.8. The molecule has 0 radical (unpaired) electrons. The van der Waals surface area contributed by atoms with Gasteiger partial charge in [-0.25, -0.2) is 4.98 Å². The van der Waals surface area contributed by atoms with Crippen molar-refractivity contribution in [2.45, 2.75) is 57.5 Å². The third-order valence-electron chi connectivity index (χ3n) is 3.89. The molecule has 0 saturated heterocycles. The summed E-state index contributed by atoms with van der Waals surface area (Å²) in [5, 5.41) is 1.31. The Morgan fingerprint density at radius 1 is 1.40 bits per heavy atom. The predicted octanol–water partition coefficient (Wildman–Crippen LogP) is 3.47. The maximum absolute atomic E-state index is 12.8. The summed E-state index contributed by atoms with van der Waals surface area (Å²) in [5.74, 6) is 0.842. The van der Waals surface area contributed by atoms with E-state index in [-0.39, 0.29) is 16.3 Å². The monoisotopic (exact) mass is 381 g/mol. The maximum Gasteiger partial charge on any atom is 0.261 e. The highest BCUT2D eigenvalue weighted by atomic mass is 32.2. The summed E-state index contributed by atoms with van der Waals surface area (Å²) in [5.41, 5.74) is 2.54. The van der Waals surface area contributed by atoms with E-state index in [4.69, 9.17) is 4.98 Å². The molecule has 0 amide bonds. The zero-order valence-electron chi connectivity index (χ0n) is 16.0. The van der Waals surface area contributed by atoms with Crippen molar-refractivity contribution >= 4 is 34.0 Å². The topological polar surface area (TPSA) is 70.0 Å². The minimum Gasteiger partial charge on any atom is -0.598 e. The number of aromatic nitrogens is 2. The van der Waals surface area contributed by atoms with Crippen LogP contribution in [0.25, 0.3) is 10.9 Å². The first-order valence-electron chi connectivity index (χ1n) is 8.38. The molecule has 0 saturated carbocycles. The molecule has 0 aliphatic heterocycles. The van der Waals surface area contributed by atoms with Crippen LogP contribution in [-0.2, 0) is 18.4 Å². The van der Waals surface area contributed by atoms with Gasteiger partial charge in [0.15, 0.2) is 5.16 Å². The molecular formula is C18H27N3O2S2. The van der Waals surface area contributed by atoms with Crippen molar-refractivity contribution in [3.63, 3.8) is 0 Å². The second-order valence-corrected chi connectivity index (χ2v) is 10.4. The number of aryl methyl sites for hydroxylation is 1. The van der Waals surface area contributed by atoms with Gasteiger partial charge in [0.1, 0.15) is 4.75 Å². The number of rotatable bonds is 5. The van der Waals surface area contributed by atoms with E-state index >= 15 is 0 Å². The van der Waals surface area contributed by atoms with E-state index in [9.17, 15) is 9.35 Å². The van der Waals surface area contributed by atoms with Crippen molar-refractivity contribution < 1.29 is 4.55 Å². The molecule has 7 heteroatoms. The molecule has 5 nitrogen and oxygen atoms in total. The van der Waals surface area contributed by atoms with Crippen LogP contribution in [0.1, 0.15) is 51.8 Å². The van der Waals surface area contributed by atoms with Gasteiger partial charge in [0.25, 0.3) is 5.56 Å². The molecule has 2 aromatic rings. The molecule has 2 rings (SSSR count). The van der Waals surface area contributed by atoms with Crippen molar-refractivity contribution in [1.82, 2.24) is 14.3 Å². The Labute approximate surface area is 156 Å². The molecule has 0 aliphatic carbocycles. The molecule has 138 valence electrons. The Morgan fingerprint density at radius 2 is 2.04 bits per heavy atom. The van der Waals surface area contributed by atoms with Gasteiger partial charge in [-0.2, -0.15) is 0 Å². The average Bonchev–Trinajstić information content (AvgIpc) is 2.51. The summed E-state index contributed by atoms with van der Waals surface area (Å²) in [7, 11) is 1.76. The lowest BCUT2D eigenvalue weighted by Gasteiger charge is -2.27. The smallest absolute Gasteiger partial charge is 0.261 e. The molecule has 1 heterocycles. The van der Waals surface area contributed by atoms with E-state index in [1.54, 1.807) is 23.4 Å². The van der Waals surface area contributed by atoms with Gasteiger partial charge >= 0.3 is 0 Å². The van der Waals surface area contributed by atoms with Gasteiger partial charge in [0.05, 0.1) is 16.9 Å². The summed E-state index contributed by atoms with van der Waals surface area (Å²) < 4.78 is 16.9. The number of nitrogens with zero attached hydrogens (tertiary/aromatic N) is 2. The Kier molecular flexibility index (Phi) is 6.25. The summed E-state index contributed by atoms with van der Waals surface area (Å²) >= 11 is 0.343. The lowest BCUT2D eigenvalue weighted by atomic mass is 10.0. The van der Waals surface area contributed by atoms with E-state index in [1.807, 2.05) is 53.7 Å². The third-order valence-corrected chi connectivity index (χ3v) is 6.49. The third kappa shape index (κ3) is 4.39. The van der Waals surface area contributed by atoms with Crippen LogP contribution in [0.5, 0.6) is 0 Å². The van der Waals surface area contributed by atoms with E-state index in [1.165, 1.54) is 0 Å². The van der Waals surface area contributed by atoms with E-state index in [0.717, 1.165) is 16.9 Å². The lowest BCUT2D eigenvalue weighted by molar-refractivity contribution is 0.531. The van der Waals surface area contributed by atoms with Crippen LogP contribution < -0.4 is 10.3 Å². The van der Waals surface area contributed by atoms with Crippen LogP contribution in [0.4, 0.5) is 0 Å². The van der Waals surface area contributed by atoms with E-state index in [0.29, 0.717) is 16.1 Å². The molecule has 0 fully saturated rings. The van der Waals surface area contributed by atoms with Gasteiger partial charge in [0, 0.05) is 24.0 Å². The van der Waals surface area contributed by atoms with E-state index in [2.05, 4.69) is 4.72 Å². The van der Waals surface area contributed by atoms with Gasteiger partial charge in [-0.1, -0.05) is 24.8 Å². The number of fused-ring (bicyclic) bond motifs is 1. The molecule has 2 atom stereocenters. The molecule has 25 heavy (non-hydrogen) atoms. The van der Waals surface area contributed by atoms with Gasteiger partial charge < -0.3 is 4.55 Å². The van der Waals surface area contributed by atoms with Crippen molar-refractivity contribution in [3.05, 3.63) is 33.6 Å². The minimum absolute atomic E-state index is 0.0463. The fourth-order valence-corrected chi connectivity index (χ4v) is 4.01. The molecule has 1 unspecified atom stereocenters. The van der Waals surface area contributed by atoms with Crippen LogP contribution in [0.15, 0.2) is 22.1 Å². The van der Waals surface area contributed by atoms with E-state index < -0.39 is 11.4 Å². The first-order valence-corrected chi connectivity index (χ1v) is 10.5. The van der Waals surface area contributed by atoms with Crippen molar-refractivity contribution in [2.75, 3.05) is 5.75 Å². The lowest BCUT2D eigenvalue weighted by Crippen LogP contribution is -2.40. The van der Waals surface area contributed by atoms with Crippen LogP contribution in [-0.4, -0.2) is 24.6 Å². The predicted molar refractivity (Wildman–Crippen MR) is 108 cm³/mol. The number of hydrogen-bond acceptors (Lipinski definition) is 5. The number of thioether (sulfide) groups is 1. The van der Waals surface area contributed by atoms with Gasteiger partial charge in [-0.05, 0) is 52.0 Å².